The van der Waals surface area contributed by atoms with Crippen molar-refractivity contribution in [2.24, 2.45) is 23.7 Å². The van der Waals surface area contributed by atoms with E-state index in [-0.39, 0.29) is 25.7 Å². The molecule has 0 fully saturated rings. The predicted octanol–water partition coefficient (Wildman–Crippen LogP) is 20.5. The maximum Gasteiger partial charge on any atom is 0.472 e. The molecule has 0 radical (unpaired) electrons. The molecule has 0 spiro atoms. The fourth-order valence-electron chi connectivity index (χ4n) is 10.8. The first-order valence-corrected chi connectivity index (χ1v) is 40.3. The van der Waals surface area contributed by atoms with Gasteiger partial charge < -0.3 is 33.8 Å². The number of phosphoric ester groups is 2. The summed E-state index contributed by atoms with van der Waals surface area (Å²) in [4.78, 5) is 72.6. The SMILES string of the molecule is CCC(C)CCCCCCCCCCCCC(=O)O[C@H](COC(=O)CCCCCCCCC(C)CC)COP(=O)(O)OCC(O)COP(=O)(O)OC[C@@H](COC(=O)CCCCCCCCCC(C)C)OC(=O)CCCCCCCCCCCCCCCCC(C)C. The van der Waals surface area contributed by atoms with Crippen molar-refractivity contribution in [3.8, 4) is 0 Å². The van der Waals surface area contributed by atoms with Gasteiger partial charge in [0, 0.05) is 25.7 Å². The summed E-state index contributed by atoms with van der Waals surface area (Å²) in [7, 11) is -9.91. The van der Waals surface area contributed by atoms with E-state index in [0.29, 0.717) is 31.6 Å². The Bertz CT molecular complexity index is 1800. The zero-order chi connectivity index (χ0) is 67.5. The molecular formula is C72H140O17P2. The van der Waals surface area contributed by atoms with Crippen LogP contribution in [0.3, 0.4) is 0 Å². The Labute approximate surface area is 556 Å². The average molecular weight is 1340 g/mol. The van der Waals surface area contributed by atoms with Crippen LogP contribution in [-0.4, -0.2) is 96.7 Å². The molecule has 17 nitrogen and oxygen atoms in total. The fourth-order valence-corrected chi connectivity index (χ4v) is 12.4. The Morgan fingerprint density at radius 2 is 0.527 bits per heavy atom. The monoisotopic (exact) mass is 1340 g/mol. The number of ether oxygens (including phenoxy) is 4. The minimum Gasteiger partial charge on any atom is -0.462 e. The number of rotatable bonds is 69. The van der Waals surface area contributed by atoms with Crippen LogP contribution in [-0.2, 0) is 65.4 Å². The van der Waals surface area contributed by atoms with Crippen LogP contribution in [0.15, 0.2) is 0 Å². The van der Waals surface area contributed by atoms with Gasteiger partial charge in [-0.1, -0.05) is 306 Å². The summed E-state index contributed by atoms with van der Waals surface area (Å²) in [5, 5.41) is 10.6. The third-order valence-electron chi connectivity index (χ3n) is 17.3. The number of unbranched alkanes of at least 4 members (excludes halogenated alkanes) is 33. The molecule has 0 heterocycles. The molecule has 0 aliphatic rings. The molecule has 540 valence electrons. The minimum atomic E-state index is -4.95. The van der Waals surface area contributed by atoms with Crippen LogP contribution in [0.2, 0.25) is 0 Å². The fraction of sp³-hybridized carbons (Fsp3) is 0.944. The zero-order valence-corrected chi connectivity index (χ0v) is 61.3. The number of aliphatic hydroxyl groups is 1. The van der Waals surface area contributed by atoms with Gasteiger partial charge in [-0.05, 0) is 49.4 Å². The molecule has 0 saturated heterocycles. The van der Waals surface area contributed by atoms with Crippen molar-refractivity contribution in [1.82, 2.24) is 0 Å². The van der Waals surface area contributed by atoms with E-state index in [0.717, 1.165) is 120 Å². The van der Waals surface area contributed by atoms with Gasteiger partial charge in [-0.3, -0.25) is 37.3 Å². The maximum absolute atomic E-state index is 13.0. The third-order valence-corrected chi connectivity index (χ3v) is 19.2. The molecule has 0 aliphatic heterocycles. The number of carbonyl (C=O) groups excluding carboxylic acids is 4. The lowest BCUT2D eigenvalue weighted by Crippen LogP contribution is -2.30. The molecule has 5 unspecified atom stereocenters. The summed E-state index contributed by atoms with van der Waals surface area (Å²) in [5.74, 6) is 0.906. The van der Waals surface area contributed by atoms with Crippen LogP contribution >= 0.6 is 15.6 Å². The van der Waals surface area contributed by atoms with Crippen LogP contribution in [0.25, 0.3) is 0 Å². The summed E-state index contributed by atoms with van der Waals surface area (Å²) < 4.78 is 68.3. The Morgan fingerprint density at radius 3 is 0.780 bits per heavy atom. The Morgan fingerprint density at radius 1 is 0.308 bits per heavy atom. The molecule has 0 aromatic rings. The second-order valence-electron chi connectivity index (χ2n) is 27.4. The number of aliphatic hydroxyl groups excluding tert-OH is 1. The summed E-state index contributed by atoms with van der Waals surface area (Å²) in [6, 6.07) is 0. The van der Waals surface area contributed by atoms with Gasteiger partial charge in [0.15, 0.2) is 12.2 Å². The highest BCUT2D eigenvalue weighted by Gasteiger charge is 2.30. The first-order chi connectivity index (χ1) is 43.7. The van der Waals surface area contributed by atoms with E-state index in [1.807, 2.05) is 0 Å². The second kappa shape index (κ2) is 61.6. The van der Waals surface area contributed by atoms with E-state index in [9.17, 15) is 43.2 Å². The van der Waals surface area contributed by atoms with Gasteiger partial charge in [0.05, 0.1) is 26.4 Å². The lowest BCUT2D eigenvalue weighted by atomic mass is 9.99. The number of hydrogen-bond acceptors (Lipinski definition) is 15. The van der Waals surface area contributed by atoms with Crippen molar-refractivity contribution in [1.29, 1.82) is 0 Å². The van der Waals surface area contributed by atoms with E-state index < -0.39 is 97.5 Å². The highest BCUT2D eigenvalue weighted by atomic mass is 31.2. The largest absolute Gasteiger partial charge is 0.472 e. The molecule has 0 aromatic heterocycles. The third kappa shape index (κ3) is 63.9. The molecule has 0 amide bonds. The van der Waals surface area contributed by atoms with Crippen LogP contribution < -0.4 is 0 Å². The van der Waals surface area contributed by atoms with Gasteiger partial charge in [-0.15, -0.1) is 0 Å². The molecule has 0 saturated carbocycles. The summed E-state index contributed by atoms with van der Waals surface area (Å²) in [6.07, 6.45) is 44.5. The van der Waals surface area contributed by atoms with Crippen molar-refractivity contribution < 1.29 is 80.2 Å². The number of carbonyl (C=O) groups is 4. The van der Waals surface area contributed by atoms with Gasteiger partial charge in [0.1, 0.15) is 19.3 Å². The van der Waals surface area contributed by atoms with Crippen molar-refractivity contribution in [2.45, 2.75) is 375 Å². The molecule has 0 aromatic carbocycles. The van der Waals surface area contributed by atoms with E-state index in [1.165, 1.54) is 148 Å². The number of hydrogen-bond donors (Lipinski definition) is 3. The summed E-state index contributed by atoms with van der Waals surface area (Å²) >= 11 is 0. The van der Waals surface area contributed by atoms with Gasteiger partial charge in [0.25, 0.3) is 0 Å². The van der Waals surface area contributed by atoms with E-state index in [2.05, 4.69) is 55.4 Å². The Hall–Kier alpha value is -1.94. The number of phosphoric acid groups is 2. The van der Waals surface area contributed by atoms with E-state index in [1.54, 1.807) is 0 Å². The predicted molar refractivity (Wildman–Crippen MR) is 367 cm³/mol. The molecule has 0 bridgehead atoms. The lowest BCUT2D eigenvalue weighted by molar-refractivity contribution is -0.161. The quantitative estimate of drug-likeness (QED) is 0.0222. The summed E-state index contributed by atoms with van der Waals surface area (Å²) in [5.41, 5.74) is 0. The lowest BCUT2D eigenvalue weighted by Gasteiger charge is -2.21. The summed E-state index contributed by atoms with van der Waals surface area (Å²) in [6.45, 7) is 14.1. The van der Waals surface area contributed by atoms with Crippen molar-refractivity contribution >= 4 is 39.5 Å². The van der Waals surface area contributed by atoms with Gasteiger partial charge in [-0.25, -0.2) is 9.13 Å². The number of esters is 4. The van der Waals surface area contributed by atoms with Crippen molar-refractivity contribution in [2.75, 3.05) is 39.6 Å². The first-order valence-electron chi connectivity index (χ1n) is 37.3. The zero-order valence-electron chi connectivity index (χ0n) is 59.5. The van der Waals surface area contributed by atoms with Crippen LogP contribution in [0.1, 0.15) is 357 Å². The van der Waals surface area contributed by atoms with Crippen molar-refractivity contribution in [3.05, 3.63) is 0 Å². The maximum atomic E-state index is 13.0. The normalized spacial score (nSPS) is 14.8. The van der Waals surface area contributed by atoms with Crippen LogP contribution in [0, 0.1) is 23.7 Å². The van der Waals surface area contributed by atoms with Gasteiger partial charge >= 0.3 is 39.5 Å². The highest BCUT2D eigenvalue weighted by Crippen LogP contribution is 2.45. The molecule has 3 N–H and O–H groups in total. The second-order valence-corrected chi connectivity index (χ2v) is 30.3. The first kappa shape index (κ1) is 89.1. The molecule has 0 rings (SSSR count). The van der Waals surface area contributed by atoms with Crippen LogP contribution in [0.4, 0.5) is 0 Å². The molecule has 91 heavy (non-hydrogen) atoms. The van der Waals surface area contributed by atoms with E-state index in [4.69, 9.17) is 37.0 Å². The Balaban J connectivity index is 5.24. The average Bonchev–Trinajstić information content (AvgIpc) is 3.60. The van der Waals surface area contributed by atoms with E-state index >= 15 is 0 Å². The van der Waals surface area contributed by atoms with Crippen LogP contribution in [0.5, 0.6) is 0 Å². The topological polar surface area (TPSA) is 237 Å². The Kier molecular flexibility index (Phi) is 60.3. The highest BCUT2D eigenvalue weighted by molar-refractivity contribution is 7.47. The molecule has 19 heteroatoms. The smallest absolute Gasteiger partial charge is 0.462 e. The molecule has 7 atom stereocenters. The minimum absolute atomic E-state index is 0.105. The van der Waals surface area contributed by atoms with Crippen molar-refractivity contribution in [3.63, 3.8) is 0 Å². The molecule has 0 aliphatic carbocycles. The standard InChI is InChI=1S/C72H140O17P2/c1-9-64(7)50-42-34-26-20-17-18-22-28-39-47-55-72(77)89-68(59-83-70(75)53-45-37-31-30-35-43-51-65(8)10-2)61-87-91(80,81)85-57-66(73)56-84-90(78,79)86-60-67(58-82-69(74)52-44-36-29-23-25-33-41-49-63(5)6)88-71(76)54-46-38-27-21-16-14-12-11-13-15-19-24-32-40-48-62(3)4/h62-68,73H,9-61H2,1-8H3,(H,78,79)(H,80,81)/t64?,65?,66?,67-,68-/m1/s1. The van der Waals surface area contributed by atoms with Gasteiger partial charge in [0.2, 0.25) is 0 Å². The molecular weight excluding hydrogens is 1200 g/mol. The van der Waals surface area contributed by atoms with Gasteiger partial charge in [-0.2, -0.15) is 0 Å².